The van der Waals surface area contributed by atoms with Gasteiger partial charge in [-0.2, -0.15) is 0 Å². The van der Waals surface area contributed by atoms with Gasteiger partial charge in [-0.05, 0) is 45.2 Å². The van der Waals surface area contributed by atoms with Crippen molar-refractivity contribution in [2.75, 3.05) is 13.1 Å². The Labute approximate surface area is 112 Å². The molecule has 0 bridgehead atoms. The molecular formula is C16H29NO. The lowest BCUT2D eigenvalue weighted by Gasteiger charge is -2.38. The van der Waals surface area contributed by atoms with Crippen LogP contribution in [0.5, 0.6) is 0 Å². The monoisotopic (exact) mass is 251 g/mol. The molecule has 0 aromatic rings. The van der Waals surface area contributed by atoms with Crippen LogP contribution in [0, 0.1) is 5.92 Å². The minimum absolute atomic E-state index is 0.386. The Bertz CT molecular complexity index is 264. The molecule has 0 N–H and O–H groups in total. The highest BCUT2D eigenvalue weighted by Crippen LogP contribution is 2.32. The van der Waals surface area contributed by atoms with Crippen LogP contribution >= 0.6 is 0 Å². The van der Waals surface area contributed by atoms with Crippen molar-refractivity contribution in [3.63, 3.8) is 0 Å². The van der Waals surface area contributed by atoms with Gasteiger partial charge >= 0.3 is 0 Å². The summed E-state index contributed by atoms with van der Waals surface area (Å²) in [6.07, 6.45) is 12.5. The van der Waals surface area contributed by atoms with Gasteiger partial charge in [0, 0.05) is 18.4 Å². The molecule has 0 amide bonds. The topological polar surface area (TPSA) is 20.3 Å². The molecule has 2 nitrogen and oxygen atoms in total. The van der Waals surface area contributed by atoms with Crippen LogP contribution in [0.25, 0.3) is 0 Å². The zero-order chi connectivity index (χ0) is 12.8. The number of carbonyl (C=O) groups is 1. The van der Waals surface area contributed by atoms with Gasteiger partial charge in [-0.3, -0.25) is 9.69 Å². The second kappa shape index (κ2) is 7.28. The summed E-state index contributed by atoms with van der Waals surface area (Å²) in [4.78, 5) is 14.6. The van der Waals surface area contributed by atoms with Crippen LogP contribution in [0.15, 0.2) is 0 Å². The number of hydrogen-bond donors (Lipinski definition) is 0. The molecule has 104 valence electrons. The maximum Gasteiger partial charge on any atom is 0.137 e. The van der Waals surface area contributed by atoms with Crippen LogP contribution in [0.1, 0.15) is 71.1 Å². The summed E-state index contributed by atoms with van der Waals surface area (Å²) >= 11 is 0. The average molecular weight is 251 g/mol. The molecule has 1 aliphatic heterocycles. The lowest BCUT2D eigenvalue weighted by atomic mass is 9.88. The molecule has 1 heterocycles. The summed E-state index contributed by atoms with van der Waals surface area (Å²) in [5, 5.41) is 0. The third kappa shape index (κ3) is 3.57. The zero-order valence-electron chi connectivity index (χ0n) is 12.0. The van der Waals surface area contributed by atoms with Crippen molar-refractivity contribution in [3.8, 4) is 0 Å². The van der Waals surface area contributed by atoms with Gasteiger partial charge in [-0.15, -0.1) is 0 Å². The highest BCUT2D eigenvalue weighted by molar-refractivity contribution is 5.83. The van der Waals surface area contributed by atoms with Crippen molar-refractivity contribution in [2.24, 2.45) is 5.92 Å². The van der Waals surface area contributed by atoms with Crippen LogP contribution in [-0.2, 0) is 4.79 Å². The number of carbonyl (C=O) groups excluding carboxylic acids is 1. The fraction of sp³-hybridized carbons (Fsp3) is 0.938. The minimum Gasteiger partial charge on any atom is -0.300 e. The fourth-order valence-electron chi connectivity index (χ4n) is 3.74. The van der Waals surface area contributed by atoms with Crippen LogP contribution < -0.4 is 0 Å². The highest BCUT2D eigenvalue weighted by Gasteiger charge is 2.36. The normalized spacial score (nSPS) is 29.9. The molecular weight excluding hydrogens is 222 g/mol. The Hall–Kier alpha value is -0.370. The van der Waals surface area contributed by atoms with Crippen molar-refractivity contribution >= 4 is 5.78 Å². The third-order valence-electron chi connectivity index (χ3n) is 4.78. The predicted octanol–water partition coefficient (Wildman–Crippen LogP) is 3.79. The van der Waals surface area contributed by atoms with Crippen molar-refractivity contribution in [3.05, 3.63) is 0 Å². The summed E-state index contributed by atoms with van der Waals surface area (Å²) in [6, 6.07) is 0.593. The van der Waals surface area contributed by atoms with Crippen LogP contribution in [-0.4, -0.2) is 29.8 Å². The van der Waals surface area contributed by atoms with Gasteiger partial charge in [-0.1, -0.05) is 32.6 Å². The molecule has 2 fully saturated rings. The van der Waals surface area contributed by atoms with Crippen LogP contribution in [0.4, 0.5) is 0 Å². The molecule has 0 aromatic heterocycles. The SMILES string of the molecule is CCCCCCN1CCCCC1C1CCCC1=O. The van der Waals surface area contributed by atoms with Gasteiger partial charge in [-0.25, -0.2) is 0 Å². The lowest BCUT2D eigenvalue weighted by Crippen LogP contribution is -2.45. The van der Waals surface area contributed by atoms with E-state index in [2.05, 4.69) is 11.8 Å². The van der Waals surface area contributed by atoms with Crippen molar-refractivity contribution < 1.29 is 4.79 Å². The van der Waals surface area contributed by atoms with Gasteiger partial charge in [0.1, 0.15) is 5.78 Å². The average Bonchev–Trinajstić information content (AvgIpc) is 2.81. The number of hydrogen-bond acceptors (Lipinski definition) is 2. The highest BCUT2D eigenvalue weighted by atomic mass is 16.1. The molecule has 0 spiro atoms. The second-order valence-corrected chi connectivity index (χ2v) is 6.12. The quantitative estimate of drug-likeness (QED) is 0.669. The Morgan fingerprint density at radius 1 is 1.11 bits per heavy atom. The maximum atomic E-state index is 12.0. The maximum absolute atomic E-state index is 12.0. The lowest BCUT2D eigenvalue weighted by molar-refractivity contribution is -0.123. The van der Waals surface area contributed by atoms with Gasteiger partial charge in [0.05, 0.1) is 0 Å². The summed E-state index contributed by atoms with van der Waals surface area (Å²) < 4.78 is 0. The van der Waals surface area contributed by atoms with Gasteiger partial charge in [0.25, 0.3) is 0 Å². The number of piperidine rings is 1. The molecule has 2 heteroatoms. The first-order valence-corrected chi connectivity index (χ1v) is 8.09. The molecule has 2 rings (SSSR count). The van der Waals surface area contributed by atoms with Gasteiger partial charge < -0.3 is 0 Å². The van der Waals surface area contributed by atoms with Gasteiger partial charge in [0.2, 0.25) is 0 Å². The molecule has 1 aliphatic carbocycles. The molecule has 2 unspecified atom stereocenters. The van der Waals surface area contributed by atoms with E-state index in [9.17, 15) is 4.79 Å². The van der Waals surface area contributed by atoms with E-state index in [1.54, 1.807) is 0 Å². The molecule has 0 radical (unpaired) electrons. The smallest absolute Gasteiger partial charge is 0.137 e. The zero-order valence-corrected chi connectivity index (χ0v) is 12.0. The summed E-state index contributed by atoms with van der Waals surface area (Å²) in [7, 11) is 0. The number of Topliss-reactive ketones (excluding diaryl/α,β-unsaturated/α-hetero) is 1. The number of likely N-dealkylation sites (tertiary alicyclic amines) is 1. The Morgan fingerprint density at radius 3 is 2.72 bits per heavy atom. The van der Waals surface area contributed by atoms with E-state index in [0.29, 0.717) is 17.7 Å². The number of rotatable bonds is 6. The molecule has 2 aliphatic rings. The first-order chi connectivity index (χ1) is 8.83. The van der Waals surface area contributed by atoms with E-state index in [-0.39, 0.29) is 0 Å². The van der Waals surface area contributed by atoms with Crippen LogP contribution in [0.2, 0.25) is 0 Å². The summed E-state index contributed by atoms with van der Waals surface area (Å²) in [5.41, 5.74) is 0. The van der Waals surface area contributed by atoms with Gasteiger partial charge in [0.15, 0.2) is 0 Å². The minimum atomic E-state index is 0.386. The molecule has 18 heavy (non-hydrogen) atoms. The molecule has 0 aromatic carbocycles. The number of nitrogens with zero attached hydrogens (tertiary/aromatic N) is 1. The largest absolute Gasteiger partial charge is 0.300 e. The van der Waals surface area contributed by atoms with Crippen molar-refractivity contribution in [1.82, 2.24) is 4.90 Å². The van der Waals surface area contributed by atoms with E-state index >= 15 is 0 Å². The second-order valence-electron chi connectivity index (χ2n) is 6.12. The van der Waals surface area contributed by atoms with Crippen molar-refractivity contribution in [1.29, 1.82) is 0 Å². The van der Waals surface area contributed by atoms with E-state index < -0.39 is 0 Å². The van der Waals surface area contributed by atoms with E-state index in [1.165, 1.54) is 58.0 Å². The van der Waals surface area contributed by atoms with Crippen LogP contribution in [0.3, 0.4) is 0 Å². The standard InChI is InChI=1S/C16H29NO/c1-2-3-4-6-12-17-13-7-5-10-15(17)14-9-8-11-16(14)18/h14-15H,2-13H2,1H3. The molecule has 1 saturated heterocycles. The number of ketones is 1. The van der Waals surface area contributed by atoms with E-state index in [1.807, 2.05) is 0 Å². The van der Waals surface area contributed by atoms with Crippen molar-refractivity contribution in [2.45, 2.75) is 77.2 Å². The van der Waals surface area contributed by atoms with E-state index in [4.69, 9.17) is 0 Å². The fourth-order valence-corrected chi connectivity index (χ4v) is 3.74. The van der Waals surface area contributed by atoms with E-state index in [0.717, 1.165) is 19.3 Å². The first kappa shape index (κ1) is 14.0. The summed E-state index contributed by atoms with van der Waals surface area (Å²) in [5.74, 6) is 0.942. The Morgan fingerprint density at radius 2 is 2.00 bits per heavy atom. The molecule has 1 saturated carbocycles. The first-order valence-electron chi connectivity index (χ1n) is 8.09. The summed E-state index contributed by atoms with van der Waals surface area (Å²) in [6.45, 7) is 4.73. The third-order valence-corrected chi connectivity index (χ3v) is 4.78. The number of unbranched alkanes of at least 4 members (excludes halogenated alkanes) is 3. The Kier molecular flexibility index (Phi) is 5.68. The predicted molar refractivity (Wildman–Crippen MR) is 75.7 cm³/mol. The molecule has 2 atom stereocenters. The Balaban J connectivity index is 1.83.